The Labute approximate surface area is 117 Å². The van der Waals surface area contributed by atoms with Crippen molar-refractivity contribution in [3.05, 3.63) is 35.4 Å². The van der Waals surface area contributed by atoms with Crippen molar-refractivity contribution in [3.63, 3.8) is 0 Å². The molecule has 1 aromatic carbocycles. The molecule has 0 N–H and O–H groups in total. The lowest BCUT2D eigenvalue weighted by molar-refractivity contribution is 0.137. The summed E-state index contributed by atoms with van der Waals surface area (Å²) in [5, 5.41) is -0.510. The SMILES string of the molecule is CCN1CCN(CC(Cl)c2cc(F)ccc2F)CC1. The Kier molecular flexibility index (Phi) is 5.13. The summed E-state index contributed by atoms with van der Waals surface area (Å²) < 4.78 is 26.8. The zero-order chi connectivity index (χ0) is 13.8. The average Bonchev–Trinajstić information content (AvgIpc) is 2.42. The van der Waals surface area contributed by atoms with E-state index in [2.05, 4.69) is 16.7 Å². The molecule has 19 heavy (non-hydrogen) atoms. The molecule has 0 aromatic heterocycles. The van der Waals surface area contributed by atoms with Gasteiger partial charge in [0.2, 0.25) is 0 Å². The zero-order valence-corrected chi connectivity index (χ0v) is 11.8. The molecule has 2 rings (SSSR count). The van der Waals surface area contributed by atoms with Gasteiger partial charge >= 0.3 is 0 Å². The van der Waals surface area contributed by atoms with E-state index in [1.54, 1.807) is 0 Å². The molecule has 0 bridgehead atoms. The topological polar surface area (TPSA) is 6.48 Å². The molecule has 0 spiro atoms. The Morgan fingerprint density at radius 2 is 1.79 bits per heavy atom. The van der Waals surface area contributed by atoms with Crippen LogP contribution in [0.3, 0.4) is 0 Å². The third-order valence-electron chi connectivity index (χ3n) is 3.63. The fourth-order valence-corrected chi connectivity index (χ4v) is 2.73. The van der Waals surface area contributed by atoms with Gasteiger partial charge in [-0.2, -0.15) is 0 Å². The summed E-state index contributed by atoms with van der Waals surface area (Å²) in [4.78, 5) is 4.57. The summed E-state index contributed by atoms with van der Waals surface area (Å²) >= 11 is 6.23. The molecule has 1 aliphatic rings. The lowest BCUT2D eigenvalue weighted by Crippen LogP contribution is -2.46. The van der Waals surface area contributed by atoms with Crippen molar-refractivity contribution in [1.82, 2.24) is 9.80 Å². The van der Waals surface area contributed by atoms with E-state index in [1.165, 1.54) is 6.07 Å². The molecule has 0 radical (unpaired) electrons. The minimum Gasteiger partial charge on any atom is -0.301 e. The molecule has 1 aromatic rings. The van der Waals surface area contributed by atoms with E-state index in [9.17, 15) is 8.78 Å². The highest BCUT2D eigenvalue weighted by atomic mass is 35.5. The van der Waals surface area contributed by atoms with E-state index in [1.807, 2.05) is 0 Å². The Morgan fingerprint density at radius 3 is 2.42 bits per heavy atom. The molecular formula is C14H19ClF2N2. The van der Waals surface area contributed by atoms with Crippen LogP contribution in [0.1, 0.15) is 17.9 Å². The fourth-order valence-electron chi connectivity index (χ4n) is 2.37. The zero-order valence-electron chi connectivity index (χ0n) is 11.1. The maximum absolute atomic E-state index is 13.6. The van der Waals surface area contributed by atoms with Crippen molar-refractivity contribution >= 4 is 11.6 Å². The van der Waals surface area contributed by atoms with Gasteiger partial charge in [0.1, 0.15) is 11.6 Å². The molecule has 0 aliphatic carbocycles. The first-order chi connectivity index (χ1) is 9.10. The number of alkyl halides is 1. The van der Waals surface area contributed by atoms with E-state index >= 15 is 0 Å². The van der Waals surface area contributed by atoms with Gasteiger partial charge < -0.3 is 4.90 Å². The van der Waals surface area contributed by atoms with Gasteiger partial charge in [0.15, 0.2) is 0 Å². The third kappa shape index (κ3) is 3.88. The maximum atomic E-state index is 13.6. The number of nitrogens with zero attached hydrogens (tertiary/aromatic N) is 2. The molecule has 0 amide bonds. The van der Waals surface area contributed by atoms with Gasteiger partial charge in [-0.3, -0.25) is 4.90 Å². The maximum Gasteiger partial charge on any atom is 0.128 e. The predicted octanol–water partition coefficient (Wildman–Crippen LogP) is 2.88. The van der Waals surface area contributed by atoms with Crippen LogP contribution < -0.4 is 0 Å². The molecule has 1 heterocycles. The van der Waals surface area contributed by atoms with E-state index in [4.69, 9.17) is 11.6 Å². The van der Waals surface area contributed by atoms with E-state index in [0.717, 1.165) is 44.9 Å². The Morgan fingerprint density at radius 1 is 1.16 bits per heavy atom. The molecule has 1 unspecified atom stereocenters. The van der Waals surface area contributed by atoms with Gasteiger partial charge in [-0.1, -0.05) is 6.92 Å². The van der Waals surface area contributed by atoms with Gasteiger partial charge in [-0.25, -0.2) is 8.78 Å². The van der Waals surface area contributed by atoms with Gasteiger partial charge in [0.25, 0.3) is 0 Å². The minimum atomic E-state index is -0.510. The number of piperazine rings is 1. The van der Waals surface area contributed by atoms with Crippen molar-refractivity contribution in [3.8, 4) is 0 Å². The standard InChI is InChI=1S/C14H19ClF2N2/c1-2-18-5-7-19(8-6-18)10-13(15)12-9-11(16)3-4-14(12)17/h3-4,9,13H,2,5-8,10H2,1H3. The largest absolute Gasteiger partial charge is 0.301 e. The van der Waals surface area contributed by atoms with Crippen molar-refractivity contribution in [2.75, 3.05) is 39.3 Å². The van der Waals surface area contributed by atoms with E-state index < -0.39 is 17.0 Å². The monoisotopic (exact) mass is 288 g/mol. The molecule has 0 saturated carbocycles. The highest BCUT2D eigenvalue weighted by Gasteiger charge is 2.21. The summed E-state index contributed by atoms with van der Waals surface area (Å²) in [5.74, 6) is -0.883. The Balaban J connectivity index is 1.94. The van der Waals surface area contributed by atoms with Crippen LogP contribution in [0.2, 0.25) is 0 Å². The first-order valence-electron chi connectivity index (χ1n) is 6.64. The van der Waals surface area contributed by atoms with Crippen LogP contribution in [-0.2, 0) is 0 Å². The summed E-state index contributed by atoms with van der Waals surface area (Å²) in [6.07, 6.45) is 0. The predicted molar refractivity (Wildman–Crippen MR) is 73.5 cm³/mol. The van der Waals surface area contributed by atoms with Crippen LogP contribution in [0, 0.1) is 11.6 Å². The van der Waals surface area contributed by atoms with Crippen LogP contribution in [0.5, 0.6) is 0 Å². The molecule has 1 saturated heterocycles. The Bertz CT molecular complexity index is 420. The van der Waals surface area contributed by atoms with Crippen LogP contribution in [0.4, 0.5) is 8.78 Å². The minimum absolute atomic E-state index is 0.250. The highest BCUT2D eigenvalue weighted by Crippen LogP contribution is 2.25. The van der Waals surface area contributed by atoms with Gasteiger partial charge in [0.05, 0.1) is 5.38 Å². The molecule has 1 atom stereocenters. The second-order valence-electron chi connectivity index (χ2n) is 4.87. The number of rotatable bonds is 4. The number of hydrogen-bond donors (Lipinski definition) is 0. The molecule has 1 fully saturated rings. The molecule has 2 nitrogen and oxygen atoms in total. The van der Waals surface area contributed by atoms with Crippen molar-refractivity contribution in [2.45, 2.75) is 12.3 Å². The smallest absolute Gasteiger partial charge is 0.128 e. The summed E-state index contributed by atoms with van der Waals surface area (Å²) in [5.41, 5.74) is 0.250. The lowest BCUT2D eigenvalue weighted by Gasteiger charge is -2.35. The molecular weight excluding hydrogens is 270 g/mol. The van der Waals surface area contributed by atoms with Gasteiger partial charge in [-0.05, 0) is 24.7 Å². The van der Waals surface area contributed by atoms with Crippen LogP contribution in [0.25, 0.3) is 0 Å². The number of halogens is 3. The van der Waals surface area contributed by atoms with Crippen LogP contribution >= 0.6 is 11.6 Å². The molecule has 5 heteroatoms. The number of hydrogen-bond acceptors (Lipinski definition) is 2. The van der Waals surface area contributed by atoms with Crippen molar-refractivity contribution < 1.29 is 8.78 Å². The summed E-state index contributed by atoms with van der Waals surface area (Å²) in [6, 6.07) is 3.44. The van der Waals surface area contributed by atoms with Gasteiger partial charge in [-0.15, -0.1) is 11.6 Å². The van der Waals surface area contributed by atoms with Crippen LogP contribution in [0.15, 0.2) is 18.2 Å². The van der Waals surface area contributed by atoms with Crippen molar-refractivity contribution in [2.24, 2.45) is 0 Å². The summed E-state index contributed by atoms with van der Waals surface area (Å²) in [6.45, 7) is 7.61. The number of benzene rings is 1. The van der Waals surface area contributed by atoms with Gasteiger partial charge in [0, 0.05) is 38.3 Å². The number of likely N-dealkylation sites (N-methyl/N-ethyl adjacent to an activating group) is 1. The highest BCUT2D eigenvalue weighted by molar-refractivity contribution is 6.21. The Hall–Kier alpha value is -0.710. The average molecular weight is 289 g/mol. The third-order valence-corrected chi connectivity index (χ3v) is 4.00. The fraction of sp³-hybridized carbons (Fsp3) is 0.571. The van der Waals surface area contributed by atoms with E-state index in [0.29, 0.717) is 6.54 Å². The first kappa shape index (κ1) is 14.7. The van der Waals surface area contributed by atoms with E-state index in [-0.39, 0.29) is 5.56 Å². The quantitative estimate of drug-likeness (QED) is 0.786. The molecule has 106 valence electrons. The summed E-state index contributed by atoms with van der Waals surface area (Å²) in [7, 11) is 0. The normalized spacial score (nSPS) is 19.6. The van der Waals surface area contributed by atoms with Crippen molar-refractivity contribution in [1.29, 1.82) is 0 Å². The first-order valence-corrected chi connectivity index (χ1v) is 7.07. The second kappa shape index (κ2) is 6.64. The lowest BCUT2D eigenvalue weighted by atomic mass is 10.1. The van der Waals surface area contributed by atoms with Crippen LogP contribution in [-0.4, -0.2) is 49.1 Å². The molecule has 1 aliphatic heterocycles. The second-order valence-corrected chi connectivity index (χ2v) is 5.40.